The van der Waals surface area contributed by atoms with Crippen LogP contribution in [0, 0.1) is 0 Å². The second-order valence-electron chi connectivity index (χ2n) is 5.92. The van der Waals surface area contributed by atoms with Gasteiger partial charge in [0.1, 0.15) is 12.4 Å². The number of nitrogens with zero attached hydrogens (tertiary/aromatic N) is 1. The first-order valence-electron chi connectivity index (χ1n) is 8.45. The zero-order valence-electron chi connectivity index (χ0n) is 14.9. The number of hydrogen-bond acceptors (Lipinski definition) is 4. The molecule has 24 heavy (non-hydrogen) atoms. The summed E-state index contributed by atoms with van der Waals surface area (Å²) in [6.07, 6.45) is 5.93. The van der Waals surface area contributed by atoms with E-state index in [0.29, 0.717) is 19.3 Å². The fourth-order valence-corrected chi connectivity index (χ4v) is 3.60. The average molecular weight is 352 g/mol. The largest absolute Gasteiger partial charge is 0.491 e. The molecule has 0 aliphatic heterocycles. The maximum absolute atomic E-state index is 5.57. The van der Waals surface area contributed by atoms with Crippen molar-refractivity contribution in [1.82, 2.24) is 10.6 Å². The molecule has 0 spiro atoms. The molecule has 1 aliphatic rings. The van der Waals surface area contributed by atoms with Crippen molar-refractivity contribution in [2.45, 2.75) is 37.1 Å². The molecule has 2 rings (SSSR count). The standard InChI is InChI=1S/C18H29N3O2S/c1-19-18(21-15-6-9-17(12-15)24-3)20-13-14-4-7-16(8-5-14)23-11-10-22-2/h4-5,7-8,15,17H,6,9-13H2,1-3H3,(H2,19,20,21). The van der Waals surface area contributed by atoms with Crippen LogP contribution in [0.5, 0.6) is 5.75 Å². The van der Waals surface area contributed by atoms with Crippen LogP contribution in [0.1, 0.15) is 24.8 Å². The summed E-state index contributed by atoms with van der Waals surface area (Å²) in [5.41, 5.74) is 1.20. The van der Waals surface area contributed by atoms with E-state index in [4.69, 9.17) is 9.47 Å². The first-order chi connectivity index (χ1) is 11.7. The maximum atomic E-state index is 5.57. The molecule has 134 valence electrons. The van der Waals surface area contributed by atoms with Crippen molar-refractivity contribution in [3.8, 4) is 5.75 Å². The maximum Gasteiger partial charge on any atom is 0.191 e. The minimum absolute atomic E-state index is 0.533. The number of ether oxygens (including phenoxy) is 2. The van der Waals surface area contributed by atoms with Crippen molar-refractivity contribution in [1.29, 1.82) is 0 Å². The van der Waals surface area contributed by atoms with Gasteiger partial charge in [0.2, 0.25) is 0 Å². The van der Waals surface area contributed by atoms with Crippen molar-refractivity contribution in [2.24, 2.45) is 4.99 Å². The van der Waals surface area contributed by atoms with Crippen LogP contribution in [0.25, 0.3) is 0 Å². The third-order valence-corrected chi connectivity index (χ3v) is 5.32. The number of benzene rings is 1. The van der Waals surface area contributed by atoms with Crippen LogP contribution >= 0.6 is 11.8 Å². The van der Waals surface area contributed by atoms with Crippen molar-refractivity contribution in [3.05, 3.63) is 29.8 Å². The lowest BCUT2D eigenvalue weighted by molar-refractivity contribution is 0.146. The van der Waals surface area contributed by atoms with Gasteiger partial charge in [-0.05, 0) is 43.2 Å². The van der Waals surface area contributed by atoms with E-state index in [1.54, 1.807) is 7.11 Å². The number of nitrogens with one attached hydrogen (secondary N) is 2. The SMILES string of the molecule is CN=C(NCc1ccc(OCCOC)cc1)NC1CCC(SC)C1. The molecular formula is C18H29N3O2S. The van der Waals surface area contributed by atoms with Crippen molar-refractivity contribution in [2.75, 3.05) is 33.6 Å². The van der Waals surface area contributed by atoms with Gasteiger partial charge in [0, 0.05) is 32.0 Å². The van der Waals surface area contributed by atoms with Gasteiger partial charge in [0.25, 0.3) is 0 Å². The van der Waals surface area contributed by atoms with Gasteiger partial charge < -0.3 is 20.1 Å². The molecule has 0 aromatic heterocycles. The molecule has 0 bridgehead atoms. The average Bonchev–Trinajstić information content (AvgIpc) is 3.07. The monoisotopic (exact) mass is 351 g/mol. The van der Waals surface area contributed by atoms with Crippen LogP contribution < -0.4 is 15.4 Å². The molecule has 0 amide bonds. The molecule has 5 nitrogen and oxygen atoms in total. The fraction of sp³-hybridized carbons (Fsp3) is 0.611. The van der Waals surface area contributed by atoms with E-state index in [-0.39, 0.29) is 0 Å². The fourth-order valence-electron chi connectivity index (χ4n) is 2.81. The third kappa shape index (κ3) is 6.24. The molecule has 0 heterocycles. The highest BCUT2D eigenvalue weighted by Gasteiger charge is 2.24. The van der Waals surface area contributed by atoms with Gasteiger partial charge in [-0.3, -0.25) is 4.99 Å². The molecule has 6 heteroatoms. The lowest BCUT2D eigenvalue weighted by atomic mass is 10.2. The van der Waals surface area contributed by atoms with Crippen molar-refractivity contribution < 1.29 is 9.47 Å². The lowest BCUT2D eigenvalue weighted by Gasteiger charge is -2.17. The highest BCUT2D eigenvalue weighted by Crippen LogP contribution is 2.28. The van der Waals surface area contributed by atoms with E-state index < -0.39 is 0 Å². The summed E-state index contributed by atoms with van der Waals surface area (Å²) < 4.78 is 10.6. The van der Waals surface area contributed by atoms with Gasteiger partial charge in [-0.1, -0.05) is 12.1 Å². The number of methoxy groups -OCH3 is 1. The molecule has 1 fully saturated rings. The molecule has 1 aliphatic carbocycles. The van der Waals surface area contributed by atoms with Crippen LogP contribution in [0.4, 0.5) is 0 Å². The van der Waals surface area contributed by atoms with Gasteiger partial charge >= 0.3 is 0 Å². The first kappa shape index (κ1) is 18.9. The van der Waals surface area contributed by atoms with Gasteiger partial charge in [-0.15, -0.1) is 0 Å². The number of rotatable bonds is 8. The Hall–Kier alpha value is -1.40. The van der Waals surface area contributed by atoms with E-state index in [1.165, 1.54) is 24.8 Å². The highest BCUT2D eigenvalue weighted by molar-refractivity contribution is 7.99. The predicted molar refractivity (Wildman–Crippen MR) is 102 cm³/mol. The Morgan fingerprint density at radius 1 is 1.25 bits per heavy atom. The van der Waals surface area contributed by atoms with E-state index in [2.05, 4.69) is 34.0 Å². The molecule has 1 aromatic rings. The number of aliphatic imine (C=N–C) groups is 1. The summed E-state index contributed by atoms with van der Waals surface area (Å²) in [5, 5.41) is 7.70. The Kier molecular flexibility index (Phi) is 8.25. The lowest BCUT2D eigenvalue weighted by Crippen LogP contribution is -2.42. The molecular weight excluding hydrogens is 322 g/mol. The smallest absolute Gasteiger partial charge is 0.191 e. The van der Waals surface area contributed by atoms with E-state index in [1.807, 2.05) is 30.9 Å². The Morgan fingerprint density at radius 3 is 2.67 bits per heavy atom. The zero-order chi connectivity index (χ0) is 17.2. The first-order valence-corrected chi connectivity index (χ1v) is 9.74. The minimum Gasteiger partial charge on any atom is -0.491 e. The van der Waals surface area contributed by atoms with Gasteiger partial charge in [-0.2, -0.15) is 11.8 Å². The van der Waals surface area contributed by atoms with E-state index in [0.717, 1.165) is 23.5 Å². The van der Waals surface area contributed by atoms with Crippen molar-refractivity contribution in [3.63, 3.8) is 0 Å². The molecule has 0 saturated heterocycles. The van der Waals surface area contributed by atoms with Gasteiger partial charge in [0.15, 0.2) is 5.96 Å². The third-order valence-electron chi connectivity index (χ3n) is 4.22. The summed E-state index contributed by atoms with van der Waals surface area (Å²) in [5.74, 6) is 1.74. The van der Waals surface area contributed by atoms with Crippen LogP contribution in [-0.4, -0.2) is 50.9 Å². The second kappa shape index (κ2) is 10.5. The molecule has 0 radical (unpaired) electrons. The number of hydrogen-bond donors (Lipinski definition) is 2. The normalized spacial score (nSPS) is 20.9. The molecule has 2 N–H and O–H groups in total. The Morgan fingerprint density at radius 2 is 2.04 bits per heavy atom. The highest BCUT2D eigenvalue weighted by atomic mass is 32.2. The van der Waals surface area contributed by atoms with E-state index >= 15 is 0 Å². The van der Waals surface area contributed by atoms with Crippen LogP contribution in [0.15, 0.2) is 29.3 Å². The summed E-state index contributed by atoms with van der Waals surface area (Å²) in [7, 11) is 3.49. The van der Waals surface area contributed by atoms with Crippen LogP contribution in [0.2, 0.25) is 0 Å². The van der Waals surface area contributed by atoms with Crippen molar-refractivity contribution >= 4 is 17.7 Å². The van der Waals surface area contributed by atoms with Crippen LogP contribution in [0.3, 0.4) is 0 Å². The Labute approximate surface area is 149 Å². The zero-order valence-corrected chi connectivity index (χ0v) is 15.7. The van der Waals surface area contributed by atoms with Gasteiger partial charge in [0.05, 0.1) is 6.61 Å². The topological polar surface area (TPSA) is 54.9 Å². The number of guanidine groups is 1. The Balaban J connectivity index is 1.74. The summed E-state index contributed by atoms with van der Waals surface area (Å²) in [6, 6.07) is 8.65. The quantitative estimate of drug-likeness (QED) is 0.428. The van der Waals surface area contributed by atoms with Gasteiger partial charge in [-0.25, -0.2) is 0 Å². The Bertz CT molecular complexity index is 507. The summed E-state index contributed by atoms with van der Waals surface area (Å²) in [6.45, 7) is 1.92. The molecule has 1 saturated carbocycles. The molecule has 1 aromatic carbocycles. The van der Waals surface area contributed by atoms with E-state index in [9.17, 15) is 0 Å². The molecule has 2 atom stereocenters. The second-order valence-corrected chi connectivity index (χ2v) is 7.06. The summed E-state index contributed by atoms with van der Waals surface area (Å²) >= 11 is 1.97. The van der Waals surface area contributed by atoms with Crippen LogP contribution in [-0.2, 0) is 11.3 Å². The number of thioether (sulfide) groups is 1. The summed E-state index contributed by atoms with van der Waals surface area (Å²) in [4.78, 5) is 4.33. The molecule has 2 unspecified atom stereocenters. The minimum atomic E-state index is 0.533. The predicted octanol–water partition coefficient (Wildman–Crippen LogP) is 2.66.